The summed E-state index contributed by atoms with van der Waals surface area (Å²) in [6.07, 6.45) is 7.74. The maximum absolute atomic E-state index is 13.6. The molecule has 0 unspecified atom stereocenters. The fourth-order valence-corrected chi connectivity index (χ4v) is 1.61. The van der Waals surface area contributed by atoms with Gasteiger partial charge in [-0.3, -0.25) is 0 Å². The Bertz CT molecular complexity index is 781. The van der Waals surface area contributed by atoms with Gasteiger partial charge in [-0.05, 0) is 50.5 Å². The summed E-state index contributed by atoms with van der Waals surface area (Å²) >= 11 is 0. The molecular formula is C23H33F2N3O. The number of aromatic nitrogens is 2. The number of allylic oxidation sites excluding steroid dienone is 10. The highest BCUT2D eigenvalue weighted by Crippen LogP contribution is 2.22. The third-order valence-electron chi connectivity index (χ3n) is 3.52. The quantitative estimate of drug-likeness (QED) is 0.486. The minimum absolute atomic E-state index is 0.150. The fraction of sp³-hybridized carbons (Fsp3) is 0.304. The minimum atomic E-state index is -0.514. The Balaban J connectivity index is 0. The molecule has 0 spiro atoms. The maximum Gasteiger partial charge on any atom is 0.274 e. The molecule has 0 atom stereocenters. The second kappa shape index (κ2) is 16.0. The molecule has 0 saturated heterocycles. The second-order valence-corrected chi connectivity index (χ2v) is 5.38. The summed E-state index contributed by atoms with van der Waals surface area (Å²) in [5.41, 5.74) is 8.00. The second-order valence-electron chi connectivity index (χ2n) is 5.38. The van der Waals surface area contributed by atoms with Crippen LogP contribution in [0.15, 0.2) is 77.4 Å². The smallest absolute Gasteiger partial charge is 0.274 e. The van der Waals surface area contributed by atoms with Crippen LogP contribution in [0.3, 0.4) is 0 Å². The van der Waals surface area contributed by atoms with Crippen molar-refractivity contribution < 1.29 is 13.3 Å². The highest BCUT2D eigenvalue weighted by Gasteiger charge is 2.15. The summed E-state index contributed by atoms with van der Waals surface area (Å²) in [6, 6.07) is 0. The van der Waals surface area contributed by atoms with Crippen LogP contribution in [0.1, 0.15) is 59.7 Å². The number of hydrogen-bond acceptors (Lipinski definition) is 4. The van der Waals surface area contributed by atoms with E-state index in [4.69, 9.17) is 10.3 Å². The third kappa shape index (κ3) is 9.65. The Morgan fingerprint density at radius 1 is 1.07 bits per heavy atom. The van der Waals surface area contributed by atoms with E-state index in [1.807, 2.05) is 27.7 Å². The molecule has 0 radical (unpaired) electrons. The van der Waals surface area contributed by atoms with Gasteiger partial charge in [0.05, 0.1) is 11.3 Å². The first-order valence-corrected chi connectivity index (χ1v) is 9.32. The summed E-state index contributed by atoms with van der Waals surface area (Å²) in [5.74, 6) is -0.467. The number of rotatable bonds is 7. The molecule has 6 heteroatoms. The zero-order chi connectivity index (χ0) is 23.0. The average molecular weight is 406 g/mol. The topological polar surface area (TPSA) is 64.9 Å². The van der Waals surface area contributed by atoms with Crippen LogP contribution >= 0.6 is 0 Å². The first-order valence-electron chi connectivity index (χ1n) is 9.32. The van der Waals surface area contributed by atoms with Gasteiger partial charge in [-0.25, -0.2) is 8.78 Å². The third-order valence-corrected chi connectivity index (χ3v) is 3.52. The maximum atomic E-state index is 13.6. The number of nitrogens with two attached hydrogens (primary N) is 1. The van der Waals surface area contributed by atoms with Crippen molar-refractivity contribution in [1.82, 2.24) is 10.1 Å². The minimum Gasteiger partial charge on any atom is -0.394 e. The summed E-state index contributed by atoms with van der Waals surface area (Å²) < 4.78 is 30.9. The molecule has 0 aliphatic heterocycles. The Hall–Kier alpha value is -3.02. The Morgan fingerprint density at radius 2 is 1.62 bits per heavy atom. The monoisotopic (exact) mass is 405 g/mol. The zero-order valence-electron chi connectivity index (χ0n) is 18.4. The Morgan fingerprint density at radius 3 is 2.00 bits per heavy atom. The predicted octanol–water partition coefficient (Wildman–Crippen LogP) is 7.24. The molecule has 29 heavy (non-hydrogen) atoms. The van der Waals surface area contributed by atoms with Gasteiger partial charge in [-0.15, -0.1) is 0 Å². The number of nitrogens with zero attached hydrogens (tertiary/aromatic N) is 2. The van der Waals surface area contributed by atoms with Gasteiger partial charge >= 0.3 is 0 Å². The van der Waals surface area contributed by atoms with Gasteiger partial charge in [0.2, 0.25) is 5.82 Å². The standard InChI is InChI=1S/C14H18FN3O.C7H9F.C2H6/c1-5-8-10(11(15)7-3)13-17-14(19-18-13)12(16)9(4)6-2;1-4-6(3)7(8)5-2;1-2/h5,7-8H,3,6,16H2,1-2,4H3;4-5H,1-2H2,3H3;1-2H3/b8-5-,11-10-,12-9+;7-6+;. The van der Waals surface area contributed by atoms with Gasteiger partial charge in [-0.2, -0.15) is 4.98 Å². The zero-order valence-corrected chi connectivity index (χ0v) is 18.4. The number of hydrogen-bond donors (Lipinski definition) is 1. The largest absolute Gasteiger partial charge is 0.394 e. The van der Waals surface area contributed by atoms with E-state index in [2.05, 4.69) is 29.9 Å². The molecule has 0 amide bonds. The van der Waals surface area contributed by atoms with Crippen LogP contribution in [0, 0.1) is 0 Å². The highest BCUT2D eigenvalue weighted by molar-refractivity contribution is 5.73. The fourth-order valence-electron chi connectivity index (χ4n) is 1.61. The van der Waals surface area contributed by atoms with E-state index in [0.29, 0.717) is 11.3 Å². The van der Waals surface area contributed by atoms with Gasteiger partial charge in [-0.1, -0.05) is 63.9 Å². The van der Waals surface area contributed by atoms with Gasteiger partial charge in [0.25, 0.3) is 5.89 Å². The molecule has 1 aromatic heterocycles. The highest BCUT2D eigenvalue weighted by atomic mass is 19.1. The molecule has 0 aromatic carbocycles. The van der Waals surface area contributed by atoms with Crippen molar-refractivity contribution in [2.75, 3.05) is 0 Å². The van der Waals surface area contributed by atoms with Crippen molar-refractivity contribution in [2.45, 2.75) is 48.0 Å². The van der Waals surface area contributed by atoms with E-state index in [-0.39, 0.29) is 23.1 Å². The van der Waals surface area contributed by atoms with Crippen molar-refractivity contribution >= 4 is 11.3 Å². The lowest BCUT2D eigenvalue weighted by Gasteiger charge is -1.99. The van der Waals surface area contributed by atoms with Gasteiger partial charge in [0.1, 0.15) is 11.7 Å². The van der Waals surface area contributed by atoms with Crippen LogP contribution in [0.25, 0.3) is 11.3 Å². The summed E-state index contributed by atoms with van der Waals surface area (Å²) in [5, 5.41) is 3.74. The molecular weight excluding hydrogens is 372 g/mol. The Labute approximate surface area is 173 Å². The summed E-state index contributed by atoms with van der Waals surface area (Å²) in [4.78, 5) is 4.11. The van der Waals surface area contributed by atoms with E-state index in [9.17, 15) is 8.78 Å². The molecule has 1 heterocycles. The van der Waals surface area contributed by atoms with Crippen LogP contribution in [-0.2, 0) is 0 Å². The summed E-state index contributed by atoms with van der Waals surface area (Å²) in [6.45, 7) is 21.3. The first kappa shape index (κ1) is 28.2. The lowest BCUT2D eigenvalue weighted by molar-refractivity contribution is 0.404. The van der Waals surface area contributed by atoms with E-state index in [0.717, 1.165) is 24.1 Å². The van der Waals surface area contributed by atoms with Crippen molar-refractivity contribution in [3.63, 3.8) is 0 Å². The summed E-state index contributed by atoms with van der Waals surface area (Å²) in [7, 11) is 0. The molecule has 4 nitrogen and oxygen atoms in total. The molecule has 0 aliphatic rings. The molecule has 0 saturated carbocycles. The molecule has 2 N–H and O–H groups in total. The first-order chi connectivity index (χ1) is 13.8. The van der Waals surface area contributed by atoms with Crippen LogP contribution < -0.4 is 5.73 Å². The normalized spacial score (nSPS) is 13.0. The molecule has 0 bridgehead atoms. The van der Waals surface area contributed by atoms with E-state index >= 15 is 0 Å². The molecule has 0 aliphatic carbocycles. The van der Waals surface area contributed by atoms with Crippen molar-refractivity contribution in [2.24, 2.45) is 5.73 Å². The van der Waals surface area contributed by atoms with Gasteiger partial charge < -0.3 is 10.3 Å². The lowest BCUT2D eigenvalue weighted by Crippen LogP contribution is -2.00. The van der Waals surface area contributed by atoms with E-state index in [1.54, 1.807) is 26.0 Å². The SMILES string of the molecule is C=C/C(C)=C(/F)C=C.C=C/C(F)=C(\C=C/C)c1noc(/C(N)=C(/C)CC)n1.CC. The van der Waals surface area contributed by atoms with E-state index in [1.165, 1.54) is 6.08 Å². The Kier molecular flexibility index (Phi) is 15.5. The average Bonchev–Trinajstić information content (AvgIpc) is 3.26. The van der Waals surface area contributed by atoms with E-state index < -0.39 is 5.83 Å². The molecule has 0 fully saturated rings. The van der Waals surface area contributed by atoms with Crippen LogP contribution in [-0.4, -0.2) is 10.1 Å². The van der Waals surface area contributed by atoms with Gasteiger partial charge in [0, 0.05) is 0 Å². The van der Waals surface area contributed by atoms with Gasteiger partial charge in [0.15, 0.2) is 0 Å². The molecule has 160 valence electrons. The van der Waals surface area contributed by atoms with Crippen molar-refractivity contribution in [1.29, 1.82) is 0 Å². The van der Waals surface area contributed by atoms with Crippen LogP contribution in [0.5, 0.6) is 0 Å². The molecule has 1 rings (SSSR count). The van der Waals surface area contributed by atoms with Crippen molar-refractivity contribution in [3.05, 3.63) is 84.6 Å². The predicted molar refractivity (Wildman–Crippen MR) is 120 cm³/mol. The van der Waals surface area contributed by atoms with Crippen molar-refractivity contribution in [3.8, 4) is 0 Å². The number of halogens is 2. The lowest BCUT2D eigenvalue weighted by atomic mass is 10.2. The molecule has 1 aromatic rings. The van der Waals surface area contributed by atoms with Crippen LogP contribution in [0.4, 0.5) is 8.78 Å². The van der Waals surface area contributed by atoms with Crippen LogP contribution in [0.2, 0.25) is 0 Å².